The highest BCUT2D eigenvalue weighted by Gasteiger charge is 2.42. The monoisotopic (exact) mass is 342 g/mol. The number of carbonyl (C=O) groups is 1. The van der Waals surface area contributed by atoms with Gasteiger partial charge in [0, 0.05) is 31.6 Å². The molecule has 1 N–H and O–H groups in total. The predicted molar refractivity (Wildman–Crippen MR) is 90.8 cm³/mol. The first-order valence-corrected chi connectivity index (χ1v) is 8.67. The van der Waals surface area contributed by atoms with E-state index in [-0.39, 0.29) is 17.9 Å². The average molecular weight is 342 g/mol. The highest BCUT2D eigenvalue weighted by Crippen LogP contribution is 2.33. The molecule has 2 aromatic rings. The van der Waals surface area contributed by atoms with E-state index in [0.29, 0.717) is 24.9 Å². The molecule has 2 aliphatic heterocycles. The van der Waals surface area contributed by atoms with Gasteiger partial charge in [-0.15, -0.1) is 0 Å². The Morgan fingerprint density at radius 1 is 1.40 bits per heavy atom. The molecule has 1 amide bonds. The maximum atomic E-state index is 12.7. The fourth-order valence-electron chi connectivity index (χ4n) is 3.79. The van der Waals surface area contributed by atoms with E-state index in [1.54, 1.807) is 18.6 Å². The van der Waals surface area contributed by atoms with Crippen molar-refractivity contribution in [3.8, 4) is 0 Å². The van der Waals surface area contributed by atoms with Crippen molar-refractivity contribution < 1.29 is 13.9 Å². The van der Waals surface area contributed by atoms with Crippen LogP contribution in [0.5, 0.6) is 0 Å². The standard InChI is InChI=1S/C18H22N4O3/c1-12-2-3-14(25-12)11-22-10-13(8-16-15(22)4-7-24-16)18(23)21-17-9-19-5-6-20-17/h2-3,5-6,9,13,15-16H,4,7-8,10-11H2,1H3,(H,20,21,23)/t13-,15+,16+/m0/s1. The molecule has 132 valence electrons. The molecule has 4 rings (SSSR count). The average Bonchev–Trinajstić information content (AvgIpc) is 3.24. The van der Waals surface area contributed by atoms with Crippen LogP contribution < -0.4 is 5.32 Å². The number of nitrogens with zero attached hydrogens (tertiary/aromatic N) is 3. The van der Waals surface area contributed by atoms with Crippen LogP contribution in [0.3, 0.4) is 0 Å². The summed E-state index contributed by atoms with van der Waals surface area (Å²) >= 11 is 0. The van der Waals surface area contributed by atoms with Crippen molar-refractivity contribution in [2.24, 2.45) is 5.92 Å². The molecule has 3 atom stereocenters. The van der Waals surface area contributed by atoms with E-state index in [1.807, 2.05) is 19.1 Å². The molecule has 0 spiro atoms. The van der Waals surface area contributed by atoms with Gasteiger partial charge in [0.1, 0.15) is 11.5 Å². The molecule has 0 bridgehead atoms. The van der Waals surface area contributed by atoms with Crippen LogP contribution in [0.15, 0.2) is 35.1 Å². The van der Waals surface area contributed by atoms with Crippen LogP contribution in [0.2, 0.25) is 0 Å². The lowest BCUT2D eigenvalue weighted by atomic mass is 9.89. The number of aryl methyl sites for hydroxylation is 1. The molecule has 4 heterocycles. The summed E-state index contributed by atoms with van der Waals surface area (Å²) in [7, 11) is 0. The fourth-order valence-corrected chi connectivity index (χ4v) is 3.79. The van der Waals surface area contributed by atoms with Gasteiger partial charge in [-0.3, -0.25) is 14.7 Å². The molecule has 0 aliphatic carbocycles. The van der Waals surface area contributed by atoms with Gasteiger partial charge in [0.05, 0.1) is 24.8 Å². The van der Waals surface area contributed by atoms with Gasteiger partial charge in [-0.05, 0) is 31.9 Å². The van der Waals surface area contributed by atoms with Crippen molar-refractivity contribution in [1.29, 1.82) is 0 Å². The third kappa shape index (κ3) is 3.57. The van der Waals surface area contributed by atoms with Crippen molar-refractivity contribution in [3.05, 3.63) is 42.2 Å². The van der Waals surface area contributed by atoms with E-state index < -0.39 is 0 Å². The molecule has 0 radical (unpaired) electrons. The Kier molecular flexibility index (Phi) is 4.50. The Bertz CT molecular complexity index is 733. The Labute approximate surface area is 146 Å². The molecule has 2 fully saturated rings. The van der Waals surface area contributed by atoms with Gasteiger partial charge in [0.25, 0.3) is 0 Å². The summed E-state index contributed by atoms with van der Waals surface area (Å²) in [5.74, 6) is 2.14. The molecule has 25 heavy (non-hydrogen) atoms. The number of hydrogen-bond donors (Lipinski definition) is 1. The number of nitrogens with one attached hydrogen (secondary N) is 1. The molecule has 0 unspecified atom stereocenters. The zero-order valence-electron chi connectivity index (χ0n) is 14.2. The second kappa shape index (κ2) is 6.93. The number of carbonyl (C=O) groups excluding carboxylic acids is 1. The van der Waals surface area contributed by atoms with Crippen LogP contribution in [0, 0.1) is 12.8 Å². The maximum Gasteiger partial charge on any atom is 0.230 e. The number of fused-ring (bicyclic) bond motifs is 1. The molecule has 7 heteroatoms. The Morgan fingerprint density at radius 3 is 3.08 bits per heavy atom. The molecule has 0 saturated carbocycles. The van der Waals surface area contributed by atoms with Crippen molar-refractivity contribution in [2.45, 2.75) is 38.5 Å². The van der Waals surface area contributed by atoms with Crippen LogP contribution in [-0.4, -0.2) is 46.1 Å². The van der Waals surface area contributed by atoms with E-state index in [9.17, 15) is 4.79 Å². The van der Waals surface area contributed by atoms with Gasteiger partial charge in [-0.25, -0.2) is 4.98 Å². The van der Waals surface area contributed by atoms with Crippen LogP contribution >= 0.6 is 0 Å². The van der Waals surface area contributed by atoms with E-state index in [0.717, 1.165) is 31.0 Å². The van der Waals surface area contributed by atoms with Crippen molar-refractivity contribution in [3.63, 3.8) is 0 Å². The summed E-state index contributed by atoms with van der Waals surface area (Å²) < 4.78 is 11.6. The van der Waals surface area contributed by atoms with Gasteiger partial charge < -0.3 is 14.5 Å². The Balaban J connectivity index is 1.46. The summed E-state index contributed by atoms with van der Waals surface area (Å²) in [6.07, 6.45) is 6.55. The van der Waals surface area contributed by atoms with Gasteiger partial charge in [0.15, 0.2) is 5.82 Å². The highest BCUT2D eigenvalue weighted by molar-refractivity contribution is 5.91. The quantitative estimate of drug-likeness (QED) is 0.915. The molecule has 2 saturated heterocycles. The topological polar surface area (TPSA) is 80.5 Å². The summed E-state index contributed by atoms with van der Waals surface area (Å²) in [5.41, 5.74) is 0. The number of piperidine rings is 1. The number of rotatable bonds is 4. The zero-order valence-corrected chi connectivity index (χ0v) is 14.2. The van der Waals surface area contributed by atoms with E-state index >= 15 is 0 Å². The van der Waals surface area contributed by atoms with Crippen molar-refractivity contribution >= 4 is 11.7 Å². The van der Waals surface area contributed by atoms with Crippen LogP contribution in [0.4, 0.5) is 5.82 Å². The predicted octanol–water partition coefficient (Wildman–Crippen LogP) is 2.00. The van der Waals surface area contributed by atoms with Gasteiger partial charge in [-0.2, -0.15) is 0 Å². The second-order valence-corrected chi connectivity index (χ2v) is 6.72. The first kappa shape index (κ1) is 16.2. The second-order valence-electron chi connectivity index (χ2n) is 6.72. The molecular formula is C18H22N4O3. The van der Waals surface area contributed by atoms with Crippen LogP contribution in [0.25, 0.3) is 0 Å². The van der Waals surface area contributed by atoms with Crippen LogP contribution in [-0.2, 0) is 16.1 Å². The first-order chi connectivity index (χ1) is 12.2. The summed E-state index contributed by atoms with van der Waals surface area (Å²) in [5, 5.41) is 2.86. The van der Waals surface area contributed by atoms with Crippen molar-refractivity contribution in [2.75, 3.05) is 18.5 Å². The molecule has 7 nitrogen and oxygen atoms in total. The minimum Gasteiger partial charge on any atom is -0.465 e. The number of likely N-dealkylation sites (tertiary alicyclic amines) is 1. The number of anilines is 1. The maximum absolute atomic E-state index is 12.7. The zero-order chi connectivity index (χ0) is 17.2. The smallest absolute Gasteiger partial charge is 0.230 e. The third-order valence-corrected chi connectivity index (χ3v) is 4.96. The first-order valence-electron chi connectivity index (χ1n) is 8.67. The lowest BCUT2D eigenvalue weighted by Gasteiger charge is -2.39. The normalized spacial score (nSPS) is 26.4. The summed E-state index contributed by atoms with van der Waals surface area (Å²) in [6.45, 7) is 4.09. The Morgan fingerprint density at radius 2 is 2.32 bits per heavy atom. The molecule has 0 aromatic carbocycles. The summed E-state index contributed by atoms with van der Waals surface area (Å²) in [6, 6.07) is 4.33. The lowest BCUT2D eigenvalue weighted by molar-refractivity contribution is -0.124. The van der Waals surface area contributed by atoms with E-state index in [4.69, 9.17) is 9.15 Å². The van der Waals surface area contributed by atoms with Crippen molar-refractivity contribution in [1.82, 2.24) is 14.9 Å². The largest absolute Gasteiger partial charge is 0.465 e. The van der Waals surface area contributed by atoms with E-state index in [1.165, 1.54) is 0 Å². The lowest BCUT2D eigenvalue weighted by Crippen LogP contribution is -2.51. The summed E-state index contributed by atoms with van der Waals surface area (Å²) in [4.78, 5) is 23.1. The minimum atomic E-state index is -0.141. The van der Waals surface area contributed by atoms with Crippen LogP contribution in [0.1, 0.15) is 24.4 Å². The number of ether oxygens (including phenoxy) is 1. The number of aromatic nitrogens is 2. The molecule has 2 aromatic heterocycles. The fraction of sp³-hybridized carbons (Fsp3) is 0.500. The number of furan rings is 1. The number of amides is 1. The minimum absolute atomic E-state index is 0.0323. The Hall–Kier alpha value is -2.25. The van der Waals surface area contributed by atoms with E-state index in [2.05, 4.69) is 20.2 Å². The van der Waals surface area contributed by atoms with Gasteiger partial charge in [-0.1, -0.05) is 0 Å². The molecule has 2 aliphatic rings. The van der Waals surface area contributed by atoms with Gasteiger partial charge in [0.2, 0.25) is 5.91 Å². The number of hydrogen-bond acceptors (Lipinski definition) is 6. The molecular weight excluding hydrogens is 320 g/mol. The highest BCUT2D eigenvalue weighted by atomic mass is 16.5. The van der Waals surface area contributed by atoms with Gasteiger partial charge >= 0.3 is 0 Å². The third-order valence-electron chi connectivity index (χ3n) is 4.96. The SMILES string of the molecule is Cc1ccc(CN2C[C@@H](C(=O)Nc3cnccn3)C[C@H]3OCC[C@H]32)o1.